The molecule has 0 aliphatic heterocycles. The molecule has 21 heavy (non-hydrogen) atoms. The number of nitrogens with one attached hydrogen (secondary N) is 1. The third-order valence-electron chi connectivity index (χ3n) is 2.69. The molecule has 0 fully saturated rings. The van der Waals surface area contributed by atoms with E-state index in [2.05, 4.69) is 17.2 Å². The number of aliphatic hydroxyl groups excluding tert-OH is 1. The average Bonchev–Trinajstić information content (AvgIpc) is 2.43. The van der Waals surface area contributed by atoms with Crippen LogP contribution in [0.2, 0.25) is 0 Å². The molecule has 2 N–H and O–H groups in total. The second-order valence-electron chi connectivity index (χ2n) is 4.58. The Morgan fingerprint density at radius 3 is 2.67 bits per heavy atom. The number of halogens is 1. The minimum Gasteiger partial charge on any atom is -0.384 e. The molecular weight excluding hydrogens is 275 g/mol. The summed E-state index contributed by atoms with van der Waals surface area (Å²) in [6.45, 7) is 1.16. The molecule has 0 saturated heterocycles. The number of amides is 2. The summed E-state index contributed by atoms with van der Waals surface area (Å²) >= 11 is 0. The summed E-state index contributed by atoms with van der Waals surface area (Å²) in [5.74, 6) is 3.56. The predicted molar refractivity (Wildman–Crippen MR) is 76.0 cm³/mol. The van der Waals surface area contributed by atoms with Gasteiger partial charge < -0.3 is 15.3 Å². The van der Waals surface area contributed by atoms with Crippen molar-refractivity contribution in [2.75, 3.05) is 20.7 Å². The van der Waals surface area contributed by atoms with E-state index in [1.54, 1.807) is 21.0 Å². The molecule has 0 aromatic heterocycles. The van der Waals surface area contributed by atoms with E-state index in [1.165, 1.54) is 11.0 Å². The summed E-state index contributed by atoms with van der Waals surface area (Å²) in [5.41, 5.74) is 0.307. The molecule has 6 heteroatoms. The number of likely N-dealkylation sites (N-methyl/N-ethyl adjacent to an activating group) is 1. The van der Waals surface area contributed by atoms with Crippen LogP contribution in [0, 0.1) is 17.7 Å². The van der Waals surface area contributed by atoms with Crippen molar-refractivity contribution >= 4 is 11.8 Å². The Kier molecular flexibility index (Phi) is 5.88. The highest BCUT2D eigenvalue weighted by Gasteiger charge is 2.19. The van der Waals surface area contributed by atoms with E-state index in [1.807, 2.05) is 0 Å². The van der Waals surface area contributed by atoms with Gasteiger partial charge in [0.05, 0.1) is 5.56 Å². The van der Waals surface area contributed by atoms with Gasteiger partial charge in [0, 0.05) is 19.7 Å². The third kappa shape index (κ3) is 4.58. The second-order valence-corrected chi connectivity index (χ2v) is 4.58. The van der Waals surface area contributed by atoms with Crippen LogP contribution in [-0.2, 0) is 4.79 Å². The summed E-state index contributed by atoms with van der Waals surface area (Å²) in [6.07, 6.45) is 0. The highest BCUT2D eigenvalue weighted by molar-refractivity contribution is 5.99. The fourth-order valence-corrected chi connectivity index (χ4v) is 1.68. The van der Waals surface area contributed by atoms with Crippen molar-refractivity contribution in [2.45, 2.75) is 13.0 Å². The molecular formula is C15H17FN2O3. The molecule has 1 aromatic rings. The fourth-order valence-electron chi connectivity index (χ4n) is 1.68. The molecule has 0 bridgehead atoms. The zero-order chi connectivity index (χ0) is 16.0. The van der Waals surface area contributed by atoms with E-state index < -0.39 is 24.4 Å². The molecule has 0 aliphatic carbocycles. The molecule has 1 atom stereocenters. The first-order chi connectivity index (χ1) is 9.86. The lowest BCUT2D eigenvalue weighted by Crippen LogP contribution is -2.44. The maximum atomic E-state index is 13.2. The molecule has 0 spiro atoms. The monoisotopic (exact) mass is 292 g/mol. The van der Waals surface area contributed by atoms with Crippen LogP contribution in [0.15, 0.2) is 18.2 Å². The number of carbonyl (C=O) groups is 2. The number of aliphatic hydroxyl groups is 1. The Morgan fingerprint density at radius 2 is 2.10 bits per heavy atom. The van der Waals surface area contributed by atoms with Gasteiger partial charge >= 0.3 is 0 Å². The van der Waals surface area contributed by atoms with Crippen molar-refractivity contribution in [1.82, 2.24) is 10.2 Å². The van der Waals surface area contributed by atoms with E-state index >= 15 is 0 Å². The minimum atomic E-state index is -0.712. The maximum Gasteiger partial charge on any atom is 0.253 e. The Bertz CT molecular complexity index is 603. The van der Waals surface area contributed by atoms with Crippen molar-refractivity contribution in [3.63, 3.8) is 0 Å². The molecule has 0 aliphatic rings. The van der Waals surface area contributed by atoms with E-state index in [0.29, 0.717) is 0 Å². The van der Waals surface area contributed by atoms with Gasteiger partial charge in [-0.25, -0.2) is 4.39 Å². The molecule has 2 amide bonds. The Balaban J connectivity index is 3.00. The first-order valence-electron chi connectivity index (χ1n) is 6.28. The molecule has 1 aromatic carbocycles. The van der Waals surface area contributed by atoms with Crippen LogP contribution in [0.1, 0.15) is 22.8 Å². The number of rotatable bonds is 3. The Hall–Kier alpha value is -2.39. The van der Waals surface area contributed by atoms with Crippen molar-refractivity contribution in [3.05, 3.63) is 35.1 Å². The number of hydrogen-bond donors (Lipinski definition) is 2. The van der Waals surface area contributed by atoms with Gasteiger partial charge in [0.1, 0.15) is 18.5 Å². The van der Waals surface area contributed by atoms with Crippen molar-refractivity contribution in [2.24, 2.45) is 0 Å². The van der Waals surface area contributed by atoms with Gasteiger partial charge in [-0.15, -0.1) is 0 Å². The molecule has 112 valence electrons. The van der Waals surface area contributed by atoms with Crippen molar-refractivity contribution in [3.8, 4) is 11.8 Å². The highest BCUT2D eigenvalue weighted by atomic mass is 19.1. The highest BCUT2D eigenvalue weighted by Crippen LogP contribution is 2.11. The predicted octanol–water partition coefficient (Wildman–Crippen LogP) is 0.376. The molecule has 1 rings (SSSR count). The van der Waals surface area contributed by atoms with Crippen LogP contribution in [0.25, 0.3) is 0 Å². The van der Waals surface area contributed by atoms with Crippen LogP contribution in [-0.4, -0.2) is 48.6 Å². The van der Waals surface area contributed by atoms with Crippen molar-refractivity contribution < 1.29 is 19.1 Å². The summed E-state index contributed by atoms with van der Waals surface area (Å²) in [6, 6.07) is 2.82. The van der Waals surface area contributed by atoms with Gasteiger partial charge in [0.25, 0.3) is 5.91 Å². The summed E-state index contributed by atoms with van der Waals surface area (Å²) < 4.78 is 13.2. The number of carbonyl (C=O) groups excluding carboxylic acids is 2. The van der Waals surface area contributed by atoms with Gasteiger partial charge in [-0.3, -0.25) is 9.59 Å². The third-order valence-corrected chi connectivity index (χ3v) is 2.69. The number of nitrogens with zero attached hydrogens (tertiary/aromatic N) is 1. The minimum absolute atomic E-state index is 0.149. The summed E-state index contributed by atoms with van der Waals surface area (Å²) in [4.78, 5) is 25.2. The lowest BCUT2D eigenvalue weighted by atomic mass is 10.1. The van der Waals surface area contributed by atoms with Gasteiger partial charge in [-0.2, -0.15) is 0 Å². The normalized spacial score (nSPS) is 11.1. The fraction of sp³-hybridized carbons (Fsp3) is 0.333. The van der Waals surface area contributed by atoms with Gasteiger partial charge in [-0.1, -0.05) is 11.8 Å². The van der Waals surface area contributed by atoms with Crippen LogP contribution in [0.5, 0.6) is 0 Å². The molecule has 5 nitrogen and oxygen atoms in total. The number of benzene rings is 1. The van der Waals surface area contributed by atoms with E-state index in [-0.39, 0.29) is 17.0 Å². The van der Waals surface area contributed by atoms with E-state index in [9.17, 15) is 14.0 Å². The molecule has 1 unspecified atom stereocenters. The van der Waals surface area contributed by atoms with Gasteiger partial charge in [0.15, 0.2) is 0 Å². The molecule has 0 radical (unpaired) electrons. The zero-order valence-corrected chi connectivity index (χ0v) is 12.1. The smallest absolute Gasteiger partial charge is 0.253 e. The van der Waals surface area contributed by atoms with Gasteiger partial charge in [0.2, 0.25) is 5.91 Å². The van der Waals surface area contributed by atoms with Crippen LogP contribution >= 0.6 is 0 Å². The molecule has 0 heterocycles. The Morgan fingerprint density at radius 1 is 1.43 bits per heavy atom. The van der Waals surface area contributed by atoms with Crippen LogP contribution in [0.3, 0.4) is 0 Å². The lowest BCUT2D eigenvalue weighted by Gasteiger charge is -2.18. The van der Waals surface area contributed by atoms with Crippen LogP contribution in [0.4, 0.5) is 4.39 Å². The first-order valence-corrected chi connectivity index (χ1v) is 6.28. The largest absolute Gasteiger partial charge is 0.384 e. The van der Waals surface area contributed by atoms with E-state index in [4.69, 9.17) is 5.11 Å². The number of hydrogen-bond acceptors (Lipinski definition) is 3. The lowest BCUT2D eigenvalue weighted by molar-refractivity contribution is -0.130. The quantitative estimate of drug-likeness (QED) is 0.791. The SMILES string of the molecule is CC(NC(=O)c1ccc(F)cc1C#CCO)C(=O)N(C)C. The zero-order valence-electron chi connectivity index (χ0n) is 12.1. The summed E-state index contributed by atoms with van der Waals surface area (Å²) in [7, 11) is 3.17. The van der Waals surface area contributed by atoms with Crippen LogP contribution < -0.4 is 5.32 Å². The average molecular weight is 292 g/mol. The second kappa shape index (κ2) is 7.41. The first kappa shape index (κ1) is 16.7. The topological polar surface area (TPSA) is 69.6 Å². The standard InChI is InChI=1S/C15H17FN2O3/c1-10(15(21)18(2)3)17-14(20)13-7-6-12(16)9-11(13)5-4-8-19/h6-7,9-10,19H,8H2,1-3H3,(H,17,20). The van der Waals surface area contributed by atoms with E-state index in [0.717, 1.165) is 12.1 Å². The summed E-state index contributed by atoms with van der Waals surface area (Å²) in [5, 5.41) is 11.2. The van der Waals surface area contributed by atoms with Crippen molar-refractivity contribution in [1.29, 1.82) is 0 Å². The Labute approximate surface area is 122 Å². The molecule has 0 saturated carbocycles. The maximum absolute atomic E-state index is 13.2. The van der Waals surface area contributed by atoms with Gasteiger partial charge in [-0.05, 0) is 25.1 Å².